The molecule has 0 saturated carbocycles. The fourth-order valence-electron chi connectivity index (χ4n) is 8.11. The monoisotopic (exact) mass is 682 g/mol. The summed E-state index contributed by atoms with van der Waals surface area (Å²) in [6, 6.07) is 52.4. The van der Waals surface area contributed by atoms with Gasteiger partial charge in [0.2, 0.25) is 0 Å². The van der Waals surface area contributed by atoms with E-state index in [0.29, 0.717) is 0 Å². The van der Waals surface area contributed by atoms with Gasteiger partial charge in [-0.25, -0.2) is 0 Å². The number of anilines is 2. The molecule has 7 aromatic carbocycles. The summed E-state index contributed by atoms with van der Waals surface area (Å²) in [5.74, 6) is 0. The van der Waals surface area contributed by atoms with Gasteiger partial charge < -0.3 is 13.9 Å². The number of aromatic nitrogens is 1. The Labute approximate surface area is 303 Å². The number of thiophene rings is 1. The zero-order chi connectivity index (χ0) is 34.3. The molecule has 0 spiro atoms. The zero-order valence-corrected chi connectivity index (χ0v) is 28.9. The molecule has 244 valence electrons. The van der Waals surface area contributed by atoms with Gasteiger partial charge >= 0.3 is 0 Å². The summed E-state index contributed by atoms with van der Waals surface area (Å²) < 4.78 is 11.0. The highest BCUT2D eigenvalue weighted by atomic mass is 32.1. The number of para-hydroxylation sites is 3. The van der Waals surface area contributed by atoms with Crippen LogP contribution in [0.1, 0.15) is 5.56 Å². The molecule has 4 heteroatoms. The van der Waals surface area contributed by atoms with Crippen molar-refractivity contribution < 1.29 is 4.42 Å². The van der Waals surface area contributed by atoms with E-state index in [0.717, 1.165) is 61.3 Å². The Balaban J connectivity index is 1.06. The van der Waals surface area contributed by atoms with Gasteiger partial charge in [0.05, 0.1) is 16.7 Å². The SMILES string of the molecule is C=C1/C=C\C=C/N(c2cccc(-c3ccc4oc5ccccc5c4c3)c2)c2ccc3c(sc4ccc(-n5c6ccccc6c6ccccc65)cc43)c21. The van der Waals surface area contributed by atoms with Crippen LogP contribution in [0.25, 0.3) is 86.3 Å². The van der Waals surface area contributed by atoms with Gasteiger partial charge in [-0.05, 0) is 89.5 Å². The number of rotatable bonds is 3. The Morgan fingerprint density at radius 1 is 0.519 bits per heavy atom. The third-order valence-electron chi connectivity index (χ3n) is 10.5. The lowest BCUT2D eigenvalue weighted by atomic mass is 9.98. The van der Waals surface area contributed by atoms with Crippen molar-refractivity contribution in [2.75, 3.05) is 4.90 Å². The predicted octanol–water partition coefficient (Wildman–Crippen LogP) is 14.0. The number of nitrogens with zero attached hydrogens (tertiary/aromatic N) is 2. The summed E-state index contributed by atoms with van der Waals surface area (Å²) in [4.78, 5) is 2.30. The molecule has 1 aliphatic heterocycles. The normalized spacial score (nSPS) is 14.5. The second-order valence-electron chi connectivity index (χ2n) is 13.4. The van der Waals surface area contributed by atoms with Crippen molar-refractivity contribution in [3.63, 3.8) is 0 Å². The molecule has 0 bridgehead atoms. The molecule has 0 unspecified atom stereocenters. The van der Waals surface area contributed by atoms with Crippen molar-refractivity contribution in [3.8, 4) is 16.8 Å². The summed E-state index contributed by atoms with van der Waals surface area (Å²) in [7, 11) is 0. The third kappa shape index (κ3) is 4.31. The first-order valence-corrected chi connectivity index (χ1v) is 18.3. The summed E-state index contributed by atoms with van der Waals surface area (Å²) in [5.41, 5.74) is 12.1. The van der Waals surface area contributed by atoms with Crippen LogP contribution < -0.4 is 4.90 Å². The quantitative estimate of drug-likeness (QED) is 0.185. The van der Waals surface area contributed by atoms with Crippen LogP contribution in [-0.2, 0) is 0 Å². The second-order valence-corrected chi connectivity index (χ2v) is 14.5. The van der Waals surface area contributed by atoms with Crippen LogP contribution in [0.2, 0.25) is 0 Å². The first-order chi connectivity index (χ1) is 25.7. The van der Waals surface area contributed by atoms with Gasteiger partial charge in [-0.2, -0.15) is 0 Å². The molecular weight excluding hydrogens is 653 g/mol. The van der Waals surface area contributed by atoms with Crippen LogP contribution in [0.15, 0.2) is 181 Å². The topological polar surface area (TPSA) is 21.3 Å². The number of fused-ring (bicyclic) bond motifs is 11. The number of hydrogen-bond acceptors (Lipinski definition) is 3. The van der Waals surface area contributed by atoms with Crippen LogP contribution in [0.4, 0.5) is 11.4 Å². The van der Waals surface area contributed by atoms with Crippen LogP contribution in [0.3, 0.4) is 0 Å². The molecular formula is C48H30N2OS. The molecule has 1 aliphatic rings. The molecule has 0 aliphatic carbocycles. The van der Waals surface area contributed by atoms with Crippen LogP contribution >= 0.6 is 11.3 Å². The molecule has 3 nitrogen and oxygen atoms in total. The maximum absolute atomic E-state index is 6.12. The van der Waals surface area contributed by atoms with Crippen molar-refractivity contribution >= 4 is 92.2 Å². The van der Waals surface area contributed by atoms with E-state index >= 15 is 0 Å². The van der Waals surface area contributed by atoms with Gasteiger partial charge in [0, 0.05) is 64.9 Å². The van der Waals surface area contributed by atoms with Crippen LogP contribution in [0, 0.1) is 0 Å². The molecule has 52 heavy (non-hydrogen) atoms. The van der Waals surface area contributed by atoms with Gasteiger partial charge in [0.15, 0.2) is 0 Å². The van der Waals surface area contributed by atoms with Gasteiger partial charge in [-0.1, -0.05) is 97.6 Å². The van der Waals surface area contributed by atoms with Crippen LogP contribution in [-0.4, -0.2) is 4.57 Å². The molecule has 3 aromatic heterocycles. The predicted molar refractivity (Wildman–Crippen MR) is 222 cm³/mol. The van der Waals surface area contributed by atoms with E-state index in [4.69, 9.17) is 4.42 Å². The van der Waals surface area contributed by atoms with E-state index in [-0.39, 0.29) is 0 Å². The van der Waals surface area contributed by atoms with E-state index in [1.54, 1.807) is 0 Å². The average Bonchev–Trinajstić information content (AvgIpc) is 3.86. The molecule has 0 amide bonds. The Hall–Kier alpha value is -6.62. The highest BCUT2D eigenvalue weighted by Crippen LogP contribution is 2.46. The van der Waals surface area contributed by atoms with E-state index < -0.39 is 0 Å². The van der Waals surface area contributed by atoms with Crippen molar-refractivity contribution in [2.24, 2.45) is 0 Å². The number of hydrogen-bond donors (Lipinski definition) is 0. The highest BCUT2D eigenvalue weighted by molar-refractivity contribution is 7.26. The number of benzene rings is 7. The zero-order valence-electron chi connectivity index (χ0n) is 28.1. The third-order valence-corrected chi connectivity index (χ3v) is 11.7. The number of allylic oxidation sites excluding steroid dienone is 4. The molecule has 11 rings (SSSR count). The second kappa shape index (κ2) is 11.2. The highest BCUT2D eigenvalue weighted by Gasteiger charge is 2.21. The molecule has 10 aromatic rings. The maximum atomic E-state index is 6.12. The Bertz CT molecular complexity index is 3110. The molecule has 0 saturated heterocycles. The van der Waals surface area contributed by atoms with E-state index in [9.17, 15) is 0 Å². The fraction of sp³-hybridized carbons (Fsp3) is 0. The summed E-state index contributed by atoms with van der Waals surface area (Å²) in [6.07, 6.45) is 8.47. The van der Waals surface area contributed by atoms with E-state index in [1.807, 2.05) is 23.5 Å². The Morgan fingerprint density at radius 3 is 2.12 bits per heavy atom. The largest absolute Gasteiger partial charge is 0.456 e. The fourth-order valence-corrected chi connectivity index (χ4v) is 9.37. The minimum absolute atomic E-state index is 0.904. The van der Waals surface area contributed by atoms with E-state index in [2.05, 4.69) is 174 Å². The minimum atomic E-state index is 0.904. The van der Waals surface area contributed by atoms with Gasteiger partial charge in [0.25, 0.3) is 0 Å². The summed E-state index contributed by atoms with van der Waals surface area (Å²) >= 11 is 1.85. The van der Waals surface area contributed by atoms with Crippen molar-refractivity contribution in [1.29, 1.82) is 0 Å². The van der Waals surface area contributed by atoms with E-state index in [1.165, 1.54) is 42.0 Å². The number of furan rings is 1. The first-order valence-electron chi connectivity index (χ1n) is 17.5. The van der Waals surface area contributed by atoms with Crippen LogP contribution in [0.5, 0.6) is 0 Å². The molecule has 4 heterocycles. The summed E-state index contributed by atoms with van der Waals surface area (Å²) in [6.45, 7) is 4.59. The van der Waals surface area contributed by atoms with Crippen molar-refractivity contribution in [1.82, 2.24) is 4.57 Å². The Morgan fingerprint density at radius 2 is 1.27 bits per heavy atom. The minimum Gasteiger partial charge on any atom is -0.456 e. The first kappa shape index (κ1) is 29.1. The molecule has 0 N–H and O–H groups in total. The van der Waals surface area contributed by atoms with Crippen molar-refractivity contribution in [2.45, 2.75) is 0 Å². The molecule has 0 fully saturated rings. The average molecular weight is 683 g/mol. The molecule has 0 radical (unpaired) electrons. The van der Waals surface area contributed by atoms with Crippen molar-refractivity contribution in [3.05, 3.63) is 182 Å². The lowest BCUT2D eigenvalue weighted by molar-refractivity contribution is 0.669. The molecule has 0 atom stereocenters. The summed E-state index contributed by atoms with van der Waals surface area (Å²) in [5, 5.41) is 7.30. The van der Waals surface area contributed by atoms with Gasteiger partial charge in [-0.3, -0.25) is 0 Å². The standard InChI is InChI=1S/C48H30N2OS/c1-30-11-8-9-26-49(33-13-10-12-31(27-33)32-20-24-45-39(28-32)37-16-4-7-19-44(37)51-45)43-23-22-38-40-29-34(21-25-46(40)52-48(38)47(30)43)50-41-17-5-2-14-35(41)36-15-3-6-18-42(36)50/h2-29H,1H2/b11-8-,26-9-. The van der Waals surface area contributed by atoms with Gasteiger partial charge in [-0.15, -0.1) is 11.3 Å². The maximum Gasteiger partial charge on any atom is 0.135 e. The lowest BCUT2D eigenvalue weighted by Gasteiger charge is -2.26. The smallest absolute Gasteiger partial charge is 0.135 e. The lowest BCUT2D eigenvalue weighted by Crippen LogP contribution is -2.11. The van der Waals surface area contributed by atoms with Gasteiger partial charge in [0.1, 0.15) is 11.2 Å². The Kier molecular flexibility index (Phi) is 6.27.